The van der Waals surface area contributed by atoms with Crippen LogP contribution in [0.3, 0.4) is 0 Å². The molecule has 122 valence electrons. The Balaban J connectivity index is 2.07. The van der Waals surface area contributed by atoms with Crippen LogP contribution in [0.5, 0.6) is 5.75 Å². The van der Waals surface area contributed by atoms with E-state index in [-0.39, 0.29) is 0 Å². The summed E-state index contributed by atoms with van der Waals surface area (Å²) in [6.07, 6.45) is 0.853. The number of halogens is 2. The maximum absolute atomic E-state index is 14.6. The fraction of sp³-hybridized carbons (Fsp3) is 0.143. The molecule has 0 atom stereocenters. The molecule has 24 heavy (non-hydrogen) atoms. The summed E-state index contributed by atoms with van der Waals surface area (Å²) in [7, 11) is 0. The summed E-state index contributed by atoms with van der Waals surface area (Å²) in [5.41, 5.74) is 2.59. The molecular weight excluding hydrogens is 306 g/mol. The lowest BCUT2D eigenvalue weighted by atomic mass is 9.94. The fourth-order valence-corrected chi connectivity index (χ4v) is 2.63. The van der Waals surface area contributed by atoms with Crippen LogP contribution < -0.4 is 4.74 Å². The van der Waals surface area contributed by atoms with E-state index in [1.54, 1.807) is 18.2 Å². The minimum atomic E-state index is -0.425. The van der Waals surface area contributed by atoms with Crippen molar-refractivity contribution in [2.45, 2.75) is 13.3 Å². The third kappa shape index (κ3) is 3.46. The minimum Gasteiger partial charge on any atom is -0.494 e. The van der Waals surface area contributed by atoms with E-state index in [1.807, 2.05) is 37.3 Å². The van der Waals surface area contributed by atoms with E-state index in [1.165, 1.54) is 18.2 Å². The van der Waals surface area contributed by atoms with Crippen molar-refractivity contribution in [2.24, 2.45) is 0 Å². The Hall–Kier alpha value is -2.68. The van der Waals surface area contributed by atoms with E-state index < -0.39 is 11.6 Å². The lowest BCUT2D eigenvalue weighted by Crippen LogP contribution is -1.96. The third-order valence-corrected chi connectivity index (χ3v) is 3.77. The highest BCUT2D eigenvalue weighted by molar-refractivity contribution is 5.83. The predicted octanol–water partition coefficient (Wildman–Crippen LogP) is 6.09. The molecule has 3 aromatic carbocycles. The van der Waals surface area contributed by atoms with Gasteiger partial charge in [0.1, 0.15) is 17.4 Å². The van der Waals surface area contributed by atoms with E-state index in [2.05, 4.69) is 0 Å². The van der Waals surface area contributed by atoms with Crippen LogP contribution in [0.1, 0.15) is 13.3 Å². The van der Waals surface area contributed by atoms with Crippen molar-refractivity contribution >= 4 is 0 Å². The quantitative estimate of drug-likeness (QED) is 0.552. The first kappa shape index (κ1) is 16.2. The van der Waals surface area contributed by atoms with Gasteiger partial charge in [0.2, 0.25) is 0 Å². The van der Waals surface area contributed by atoms with Crippen LogP contribution in [0.15, 0.2) is 66.7 Å². The molecule has 0 aromatic heterocycles. The van der Waals surface area contributed by atoms with Gasteiger partial charge < -0.3 is 4.74 Å². The average molecular weight is 324 g/mol. The van der Waals surface area contributed by atoms with Gasteiger partial charge in [-0.25, -0.2) is 8.78 Å². The number of ether oxygens (including phenoxy) is 1. The van der Waals surface area contributed by atoms with Gasteiger partial charge in [0.25, 0.3) is 0 Å². The van der Waals surface area contributed by atoms with Gasteiger partial charge in [-0.2, -0.15) is 0 Å². The number of hydrogen-bond acceptors (Lipinski definition) is 1. The Labute approximate surface area is 140 Å². The van der Waals surface area contributed by atoms with Crippen molar-refractivity contribution in [3.63, 3.8) is 0 Å². The van der Waals surface area contributed by atoms with Gasteiger partial charge in [-0.1, -0.05) is 43.3 Å². The van der Waals surface area contributed by atoms with Gasteiger partial charge in [0, 0.05) is 11.6 Å². The summed E-state index contributed by atoms with van der Waals surface area (Å²) in [5.74, 6) is -0.336. The van der Waals surface area contributed by atoms with Crippen molar-refractivity contribution in [3.05, 3.63) is 78.4 Å². The molecule has 3 rings (SSSR count). The third-order valence-electron chi connectivity index (χ3n) is 3.77. The molecule has 1 nitrogen and oxygen atoms in total. The SMILES string of the molecule is CCCOc1ccc(-c2cc(F)ccc2-c2ccccc2)c(F)c1. The normalized spacial score (nSPS) is 10.6. The zero-order valence-electron chi connectivity index (χ0n) is 13.4. The topological polar surface area (TPSA) is 9.23 Å². The molecule has 0 bridgehead atoms. The van der Waals surface area contributed by atoms with E-state index in [4.69, 9.17) is 4.74 Å². The lowest BCUT2D eigenvalue weighted by Gasteiger charge is -2.13. The number of rotatable bonds is 5. The summed E-state index contributed by atoms with van der Waals surface area (Å²) in [6, 6.07) is 18.7. The average Bonchev–Trinajstić information content (AvgIpc) is 2.61. The molecule has 0 aliphatic rings. The maximum atomic E-state index is 14.6. The van der Waals surface area contributed by atoms with Gasteiger partial charge >= 0.3 is 0 Å². The minimum absolute atomic E-state index is 0.359. The molecule has 0 N–H and O–H groups in total. The largest absolute Gasteiger partial charge is 0.494 e. The molecule has 0 heterocycles. The van der Waals surface area contributed by atoms with Crippen molar-refractivity contribution in [2.75, 3.05) is 6.61 Å². The molecule has 0 unspecified atom stereocenters. The maximum Gasteiger partial charge on any atom is 0.134 e. The van der Waals surface area contributed by atoms with Gasteiger partial charge in [-0.15, -0.1) is 0 Å². The lowest BCUT2D eigenvalue weighted by molar-refractivity contribution is 0.316. The molecule has 0 aliphatic carbocycles. The molecule has 0 fully saturated rings. The molecular formula is C21H18F2O. The highest BCUT2D eigenvalue weighted by atomic mass is 19.1. The Morgan fingerprint density at radius 2 is 1.54 bits per heavy atom. The molecule has 0 amide bonds. The van der Waals surface area contributed by atoms with Crippen LogP contribution in [0.4, 0.5) is 8.78 Å². The van der Waals surface area contributed by atoms with Crippen LogP contribution in [0.25, 0.3) is 22.3 Å². The first-order valence-corrected chi connectivity index (χ1v) is 7.96. The van der Waals surface area contributed by atoms with Gasteiger partial charge in [0.15, 0.2) is 0 Å². The first-order valence-electron chi connectivity index (χ1n) is 7.96. The van der Waals surface area contributed by atoms with Crippen molar-refractivity contribution in [1.29, 1.82) is 0 Å². The molecule has 0 spiro atoms. The summed E-state index contributed by atoms with van der Waals surface area (Å²) in [6.45, 7) is 2.53. The second-order valence-corrected chi connectivity index (χ2v) is 5.55. The number of hydrogen-bond donors (Lipinski definition) is 0. The fourth-order valence-electron chi connectivity index (χ4n) is 2.63. The second kappa shape index (κ2) is 7.26. The van der Waals surface area contributed by atoms with E-state index >= 15 is 0 Å². The van der Waals surface area contributed by atoms with Crippen molar-refractivity contribution in [3.8, 4) is 28.0 Å². The van der Waals surface area contributed by atoms with Gasteiger partial charge in [-0.3, -0.25) is 0 Å². The zero-order chi connectivity index (χ0) is 16.9. The predicted molar refractivity (Wildman–Crippen MR) is 93.0 cm³/mol. The summed E-state index contributed by atoms with van der Waals surface area (Å²) in [5, 5.41) is 0. The summed E-state index contributed by atoms with van der Waals surface area (Å²) >= 11 is 0. The highest BCUT2D eigenvalue weighted by Crippen LogP contribution is 2.35. The number of benzene rings is 3. The highest BCUT2D eigenvalue weighted by Gasteiger charge is 2.13. The van der Waals surface area contributed by atoms with E-state index in [0.717, 1.165) is 17.5 Å². The Morgan fingerprint density at radius 1 is 0.792 bits per heavy atom. The Kier molecular flexibility index (Phi) is 4.90. The van der Waals surface area contributed by atoms with Crippen LogP contribution in [-0.2, 0) is 0 Å². The second-order valence-electron chi connectivity index (χ2n) is 5.55. The van der Waals surface area contributed by atoms with E-state index in [0.29, 0.717) is 23.5 Å². The van der Waals surface area contributed by atoms with E-state index in [9.17, 15) is 8.78 Å². The Morgan fingerprint density at radius 3 is 2.25 bits per heavy atom. The van der Waals surface area contributed by atoms with Crippen LogP contribution in [0.2, 0.25) is 0 Å². The van der Waals surface area contributed by atoms with Crippen molar-refractivity contribution in [1.82, 2.24) is 0 Å². The summed E-state index contributed by atoms with van der Waals surface area (Å²) in [4.78, 5) is 0. The van der Waals surface area contributed by atoms with Crippen LogP contribution in [0, 0.1) is 11.6 Å². The smallest absolute Gasteiger partial charge is 0.134 e. The van der Waals surface area contributed by atoms with Crippen molar-refractivity contribution < 1.29 is 13.5 Å². The van der Waals surface area contributed by atoms with Gasteiger partial charge in [-0.05, 0) is 47.4 Å². The zero-order valence-corrected chi connectivity index (χ0v) is 13.4. The molecule has 3 heteroatoms. The summed E-state index contributed by atoms with van der Waals surface area (Å²) < 4.78 is 33.8. The van der Waals surface area contributed by atoms with Crippen LogP contribution >= 0.6 is 0 Å². The standard InChI is InChI=1S/C21H18F2O/c1-2-12-24-17-9-11-19(21(23)14-17)20-13-16(22)8-10-18(20)15-6-4-3-5-7-15/h3-11,13-14H,2,12H2,1H3. The van der Waals surface area contributed by atoms with Crippen LogP contribution in [-0.4, -0.2) is 6.61 Å². The molecule has 0 radical (unpaired) electrons. The first-order chi connectivity index (χ1) is 11.7. The molecule has 0 saturated carbocycles. The molecule has 0 saturated heterocycles. The van der Waals surface area contributed by atoms with Gasteiger partial charge in [0.05, 0.1) is 6.61 Å². The monoisotopic (exact) mass is 324 g/mol. The molecule has 0 aliphatic heterocycles. The Bertz CT molecular complexity index is 828. The molecule has 3 aromatic rings.